The van der Waals surface area contributed by atoms with Gasteiger partial charge in [-0.25, -0.2) is 0 Å². The maximum absolute atomic E-state index is 4.37. The summed E-state index contributed by atoms with van der Waals surface area (Å²) >= 11 is 4.37. The van der Waals surface area contributed by atoms with Crippen LogP contribution in [0.5, 0.6) is 0 Å². The molecule has 0 radical (unpaired) electrons. The molecule has 0 saturated heterocycles. The zero-order valence-electron chi connectivity index (χ0n) is 9.00. The summed E-state index contributed by atoms with van der Waals surface area (Å²) in [4.78, 5) is 2.49. The molecule has 1 fully saturated rings. The number of nitrogens with zero attached hydrogens (tertiary/aromatic N) is 1. The zero-order chi connectivity index (χ0) is 9.68. The van der Waals surface area contributed by atoms with Crippen LogP contribution in [0.15, 0.2) is 0 Å². The molecular weight excluding hydrogens is 178 g/mol. The van der Waals surface area contributed by atoms with Gasteiger partial charge in [0.05, 0.1) is 0 Å². The molecule has 1 saturated carbocycles. The molecule has 0 aliphatic heterocycles. The topological polar surface area (TPSA) is 3.24 Å². The Bertz CT molecular complexity index is 130. The normalized spacial score (nSPS) is 20.3. The lowest BCUT2D eigenvalue weighted by molar-refractivity contribution is 0.188. The molecule has 0 aromatic rings. The lowest BCUT2D eigenvalue weighted by atomic mass is 9.85. The third kappa shape index (κ3) is 3.90. The molecule has 1 aliphatic rings. The second-order valence-electron chi connectivity index (χ2n) is 4.47. The highest BCUT2D eigenvalue weighted by atomic mass is 32.1. The Kier molecular flexibility index (Phi) is 5.18. The van der Waals surface area contributed by atoms with E-state index in [1.165, 1.54) is 38.8 Å². The first kappa shape index (κ1) is 11.4. The zero-order valence-corrected chi connectivity index (χ0v) is 9.89. The van der Waals surface area contributed by atoms with Crippen LogP contribution in [-0.2, 0) is 0 Å². The average molecular weight is 201 g/mol. The van der Waals surface area contributed by atoms with Crippen LogP contribution in [0, 0.1) is 11.8 Å². The molecule has 0 bridgehead atoms. The molecule has 0 heterocycles. The predicted molar refractivity (Wildman–Crippen MR) is 62.5 cm³/mol. The van der Waals surface area contributed by atoms with Crippen molar-refractivity contribution in [3.05, 3.63) is 0 Å². The van der Waals surface area contributed by atoms with Crippen molar-refractivity contribution < 1.29 is 0 Å². The minimum absolute atomic E-state index is 0.786. The van der Waals surface area contributed by atoms with Gasteiger partial charge in [0.1, 0.15) is 0 Å². The second kappa shape index (κ2) is 5.92. The first-order chi connectivity index (χ1) is 6.26. The van der Waals surface area contributed by atoms with Gasteiger partial charge in [-0.1, -0.05) is 19.8 Å². The van der Waals surface area contributed by atoms with Gasteiger partial charge in [-0.2, -0.15) is 12.6 Å². The van der Waals surface area contributed by atoms with Gasteiger partial charge < -0.3 is 4.90 Å². The number of hydrogen-bond donors (Lipinski definition) is 1. The van der Waals surface area contributed by atoms with Crippen molar-refractivity contribution in [2.24, 2.45) is 11.8 Å². The Labute approximate surface area is 88.3 Å². The van der Waals surface area contributed by atoms with Crippen molar-refractivity contribution in [3.8, 4) is 0 Å². The van der Waals surface area contributed by atoms with E-state index in [0.29, 0.717) is 0 Å². The molecule has 1 aliphatic carbocycles. The van der Waals surface area contributed by atoms with Crippen LogP contribution >= 0.6 is 12.6 Å². The number of rotatable bonds is 6. The molecule has 0 aromatic heterocycles. The maximum atomic E-state index is 4.37. The van der Waals surface area contributed by atoms with Gasteiger partial charge in [-0.05, 0) is 37.5 Å². The van der Waals surface area contributed by atoms with Crippen molar-refractivity contribution in [1.29, 1.82) is 0 Å². The molecular formula is C11H23NS. The van der Waals surface area contributed by atoms with Crippen LogP contribution in [0.25, 0.3) is 0 Å². The van der Waals surface area contributed by atoms with E-state index in [4.69, 9.17) is 0 Å². The third-order valence-corrected chi connectivity index (χ3v) is 3.72. The maximum Gasteiger partial charge on any atom is 0.00144 e. The fraction of sp³-hybridized carbons (Fsp3) is 1.00. The molecule has 13 heavy (non-hydrogen) atoms. The molecule has 1 unspecified atom stereocenters. The van der Waals surface area contributed by atoms with Gasteiger partial charge in [0.15, 0.2) is 0 Å². The summed E-state index contributed by atoms with van der Waals surface area (Å²) in [6.45, 7) is 4.80. The summed E-state index contributed by atoms with van der Waals surface area (Å²) in [6, 6.07) is 0. The highest BCUT2D eigenvalue weighted by molar-refractivity contribution is 7.80. The number of thiol groups is 1. The number of hydrogen-bond acceptors (Lipinski definition) is 2. The molecule has 2 heteroatoms. The summed E-state index contributed by atoms with van der Waals surface area (Å²) < 4.78 is 0. The van der Waals surface area contributed by atoms with E-state index in [1.807, 2.05) is 0 Å². The fourth-order valence-electron chi connectivity index (χ4n) is 1.95. The Morgan fingerprint density at radius 3 is 2.54 bits per heavy atom. The van der Waals surface area contributed by atoms with Crippen molar-refractivity contribution in [3.63, 3.8) is 0 Å². The van der Waals surface area contributed by atoms with Crippen LogP contribution < -0.4 is 0 Å². The lowest BCUT2D eigenvalue weighted by Crippen LogP contribution is -2.33. The van der Waals surface area contributed by atoms with Crippen LogP contribution in [0.1, 0.15) is 32.6 Å². The van der Waals surface area contributed by atoms with E-state index >= 15 is 0 Å². The van der Waals surface area contributed by atoms with Crippen LogP contribution in [-0.4, -0.2) is 30.8 Å². The largest absolute Gasteiger partial charge is 0.306 e. The summed E-state index contributed by atoms with van der Waals surface area (Å²) in [6.07, 6.45) is 5.64. The average Bonchev–Trinajstić information content (AvgIpc) is 2.07. The fourth-order valence-corrected chi connectivity index (χ4v) is 2.32. The summed E-state index contributed by atoms with van der Waals surface area (Å²) in [7, 11) is 2.25. The second-order valence-corrected chi connectivity index (χ2v) is 4.84. The van der Waals surface area contributed by atoms with E-state index in [2.05, 4.69) is 31.5 Å². The summed E-state index contributed by atoms with van der Waals surface area (Å²) in [5, 5.41) is 0. The molecule has 0 N–H and O–H groups in total. The Morgan fingerprint density at radius 1 is 1.46 bits per heavy atom. The van der Waals surface area contributed by atoms with E-state index < -0.39 is 0 Å². The minimum atomic E-state index is 0.786. The van der Waals surface area contributed by atoms with E-state index in [1.54, 1.807) is 0 Å². The first-order valence-corrected chi connectivity index (χ1v) is 6.18. The molecule has 0 aromatic carbocycles. The van der Waals surface area contributed by atoms with E-state index in [0.717, 1.165) is 17.6 Å². The van der Waals surface area contributed by atoms with Crippen LogP contribution in [0.3, 0.4) is 0 Å². The molecule has 1 atom stereocenters. The molecule has 0 spiro atoms. The Balaban J connectivity index is 2.10. The first-order valence-electron chi connectivity index (χ1n) is 5.55. The smallest absolute Gasteiger partial charge is 0.00144 e. The van der Waals surface area contributed by atoms with Crippen molar-refractivity contribution in [2.75, 3.05) is 25.9 Å². The lowest BCUT2D eigenvalue weighted by Gasteiger charge is -2.31. The van der Waals surface area contributed by atoms with E-state index in [-0.39, 0.29) is 0 Å². The summed E-state index contributed by atoms with van der Waals surface area (Å²) in [5.41, 5.74) is 0. The standard InChI is InChI=1S/C11H23NS/c1-3-10(9-13)7-12(2)8-11-5-4-6-11/h10-11,13H,3-9H2,1-2H3. The van der Waals surface area contributed by atoms with Crippen molar-refractivity contribution >= 4 is 12.6 Å². The van der Waals surface area contributed by atoms with Crippen LogP contribution in [0.2, 0.25) is 0 Å². The van der Waals surface area contributed by atoms with Crippen LogP contribution in [0.4, 0.5) is 0 Å². The van der Waals surface area contributed by atoms with Gasteiger partial charge in [-0.15, -0.1) is 0 Å². The monoisotopic (exact) mass is 201 g/mol. The van der Waals surface area contributed by atoms with Gasteiger partial charge in [0.25, 0.3) is 0 Å². The van der Waals surface area contributed by atoms with Gasteiger partial charge >= 0.3 is 0 Å². The van der Waals surface area contributed by atoms with Gasteiger partial charge in [-0.3, -0.25) is 0 Å². The van der Waals surface area contributed by atoms with Crippen molar-refractivity contribution in [2.45, 2.75) is 32.6 Å². The minimum Gasteiger partial charge on any atom is -0.306 e. The Morgan fingerprint density at radius 2 is 2.15 bits per heavy atom. The Hall–Kier alpha value is 0.310. The molecule has 1 nitrogen and oxygen atoms in total. The molecule has 1 rings (SSSR count). The SMILES string of the molecule is CCC(CS)CN(C)CC1CCC1. The quantitative estimate of drug-likeness (QED) is 0.647. The molecule has 0 amide bonds. The van der Waals surface area contributed by atoms with Gasteiger partial charge in [0, 0.05) is 13.1 Å². The molecule has 78 valence electrons. The predicted octanol–water partition coefficient (Wildman–Crippen LogP) is 2.67. The third-order valence-electron chi connectivity index (χ3n) is 3.20. The highest BCUT2D eigenvalue weighted by Crippen LogP contribution is 2.26. The summed E-state index contributed by atoms with van der Waals surface area (Å²) in [5.74, 6) is 2.82. The van der Waals surface area contributed by atoms with E-state index in [9.17, 15) is 0 Å². The van der Waals surface area contributed by atoms with Crippen molar-refractivity contribution in [1.82, 2.24) is 4.90 Å². The highest BCUT2D eigenvalue weighted by Gasteiger charge is 2.19. The van der Waals surface area contributed by atoms with Gasteiger partial charge in [0.2, 0.25) is 0 Å².